The van der Waals surface area contributed by atoms with Crippen molar-refractivity contribution in [3.05, 3.63) is 25.3 Å². The number of hydrogen-bond donors (Lipinski definition) is 1. The molecular formula is C11H18NNaO6S. The number of ether oxygens (including phenoxy) is 1. The predicted molar refractivity (Wildman–Crippen MR) is 69.2 cm³/mol. The summed E-state index contributed by atoms with van der Waals surface area (Å²) in [6.45, 7) is 9.26. The molecule has 0 aromatic carbocycles. The molecule has 0 aromatic heterocycles. The van der Waals surface area contributed by atoms with E-state index in [-0.39, 0.29) is 29.6 Å². The average molecular weight is 315 g/mol. The van der Waals surface area contributed by atoms with Gasteiger partial charge in [-0.3, -0.25) is 4.79 Å². The van der Waals surface area contributed by atoms with Crippen molar-refractivity contribution in [1.82, 2.24) is 5.32 Å². The predicted octanol–water partition coefficient (Wildman–Crippen LogP) is -3.04. The van der Waals surface area contributed by atoms with Crippen LogP contribution in [0.1, 0.15) is 13.8 Å². The van der Waals surface area contributed by atoms with Gasteiger partial charge in [0.25, 0.3) is 0 Å². The molecule has 0 spiro atoms. The fraction of sp³-hybridized carbons (Fsp3) is 0.455. The maximum atomic E-state index is 10.8. The van der Waals surface area contributed by atoms with E-state index in [0.717, 1.165) is 12.2 Å². The van der Waals surface area contributed by atoms with E-state index in [1.807, 2.05) is 0 Å². The molecule has 9 heteroatoms. The zero-order chi connectivity index (χ0) is 15.7. The van der Waals surface area contributed by atoms with Gasteiger partial charge in [0.15, 0.2) is 0 Å². The summed E-state index contributed by atoms with van der Waals surface area (Å²) in [4.78, 5) is 20.6. The summed E-state index contributed by atoms with van der Waals surface area (Å²) in [7, 11) is -3.03. The Kier molecular flexibility index (Phi) is 13.4. The average Bonchev–Trinajstić information content (AvgIpc) is 2.24. The third kappa shape index (κ3) is 17.3. The monoisotopic (exact) mass is 315 g/mol. The molecule has 7 nitrogen and oxygen atoms in total. The molecule has 0 atom stereocenters. The van der Waals surface area contributed by atoms with E-state index in [0.29, 0.717) is 0 Å². The van der Waals surface area contributed by atoms with Crippen LogP contribution < -0.4 is 34.9 Å². The van der Waals surface area contributed by atoms with Crippen molar-refractivity contribution in [3.63, 3.8) is 0 Å². The number of methoxy groups -OCH3 is 1. The maximum absolute atomic E-state index is 10.8. The number of esters is 1. The summed E-state index contributed by atoms with van der Waals surface area (Å²) in [5.74, 6) is -1.54. The summed E-state index contributed by atoms with van der Waals surface area (Å²) in [6, 6.07) is 0. The Hall–Kier alpha value is -0.670. The van der Waals surface area contributed by atoms with Gasteiger partial charge < -0.3 is 14.6 Å². The summed E-state index contributed by atoms with van der Waals surface area (Å²) in [6.07, 6.45) is 2.12. The minimum Gasteiger partial charge on any atom is -0.748 e. The zero-order valence-corrected chi connectivity index (χ0v) is 15.0. The van der Waals surface area contributed by atoms with Gasteiger partial charge in [-0.15, -0.1) is 0 Å². The van der Waals surface area contributed by atoms with Crippen LogP contribution >= 0.6 is 0 Å². The first-order valence-electron chi connectivity index (χ1n) is 5.06. The van der Waals surface area contributed by atoms with E-state index in [2.05, 4.69) is 23.2 Å². The van der Waals surface area contributed by atoms with Gasteiger partial charge >= 0.3 is 35.5 Å². The third-order valence-electron chi connectivity index (χ3n) is 1.55. The van der Waals surface area contributed by atoms with Crippen LogP contribution in [0, 0.1) is 0 Å². The molecule has 1 N–H and O–H groups in total. The normalized spacial score (nSPS) is 10.0. The molecule has 0 fully saturated rings. The van der Waals surface area contributed by atoms with Crippen LogP contribution in [-0.2, 0) is 24.4 Å². The number of amides is 1. The van der Waals surface area contributed by atoms with E-state index < -0.39 is 33.3 Å². The SMILES string of the molecule is C=CC(=O)NC(C)(C)CS(=O)(=O)[O-].C=CC(=O)OC.[Na+]. The molecule has 0 rings (SSSR count). The number of hydrogen-bond acceptors (Lipinski definition) is 6. The molecule has 0 bridgehead atoms. The molecule has 1 amide bonds. The molecule has 0 unspecified atom stereocenters. The fourth-order valence-electron chi connectivity index (χ4n) is 0.946. The minimum atomic E-state index is -4.33. The Labute approximate surface area is 141 Å². The van der Waals surface area contributed by atoms with E-state index in [4.69, 9.17) is 0 Å². The number of carbonyl (C=O) groups is 2. The topological polar surface area (TPSA) is 113 Å². The molecule has 0 aromatic rings. The second kappa shape index (κ2) is 11.0. The van der Waals surface area contributed by atoms with Crippen molar-refractivity contribution in [1.29, 1.82) is 0 Å². The van der Waals surface area contributed by atoms with Crippen molar-refractivity contribution < 1.29 is 56.9 Å². The van der Waals surface area contributed by atoms with Gasteiger partial charge in [-0.2, -0.15) is 0 Å². The van der Waals surface area contributed by atoms with Crippen LogP contribution in [-0.4, -0.2) is 43.2 Å². The van der Waals surface area contributed by atoms with Crippen LogP contribution in [0.4, 0.5) is 0 Å². The Morgan fingerprint density at radius 2 is 1.75 bits per heavy atom. The molecule has 110 valence electrons. The van der Waals surface area contributed by atoms with Gasteiger partial charge in [0.05, 0.1) is 23.0 Å². The Bertz CT molecular complexity index is 444. The Morgan fingerprint density at radius 1 is 1.30 bits per heavy atom. The number of nitrogens with one attached hydrogen (secondary N) is 1. The van der Waals surface area contributed by atoms with Crippen LogP contribution in [0.15, 0.2) is 25.3 Å². The van der Waals surface area contributed by atoms with Gasteiger partial charge in [-0.1, -0.05) is 13.2 Å². The van der Waals surface area contributed by atoms with Crippen molar-refractivity contribution in [2.75, 3.05) is 12.9 Å². The molecule has 0 radical (unpaired) electrons. The third-order valence-corrected chi connectivity index (χ3v) is 2.63. The van der Waals surface area contributed by atoms with E-state index in [9.17, 15) is 22.6 Å². The van der Waals surface area contributed by atoms with Crippen molar-refractivity contribution >= 4 is 22.0 Å². The fourth-order valence-corrected chi connectivity index (χ4v) is 1.90. The largest absolute Gasteiger partial charge is 1.00 e. The van der Waals surface area contributed by atoms with Gasteiger partial charge in [0.2, 0.25) is 5.91 Å². The van der Waals surface area contributed by atoms with Gasteiger partial charge in [-0.25, -0.2) is 13.2 Å². The summed E-state index contributed by atoms with van der Waals surface area (Å²) >= 11 is 0. The Balaban J connectivity index is -0.000000352. The smallest absolute Gasteiger partial charge is 0.748 e. The van der Waals surface area contributed by atoms with Crippen LogP contribution in [0.3, 0.4) is 0 Å². The van der Waals surface area contributed by atoms with Crippen molar-refractivity contribution in [2.24, 2.45) is 0 Å². The first-order chi connectivity index (χ1) is 8.47. The molecule has 0 saturated heterocycles. The van der Waals surface area contributed by atoms with Gasteiger partial charge in [0, 0.05) is 11.6 Å². The van der Waals surface area contributed by atoms with Crippen molar-refractivity contribution in [3.8, 4) is 0 Å². The second-order valence-corrected chi connectivity index (χ2v) is 5.41. The van der Waals surface area contributed by atoms with E-state index in [1.165, 1.54) is 21.0 Å². The summed E-state index contributed by atoms with van der Waals surface area (Å²) in [5, 5.41) is 2.33. The first kappa shape index (κ1) is 24.4. The first-order valence-corrected chi connectivity index (χ1v) is 6.63. The standard InChI is InChI=1S/C7H13NO4S.C4H6O2.Na/c1-4-6(9)8-7(2,3)5-13(10,11)12;1-3-4(5)6-2;/h4H,1,5H2,2-3H3,(H,8,9)(H,10,11,12);3H,1H2,2H3;/q;;+1/p-1. The number of carbonyl (C=O) groups excluding carboxylic acids is 2. The van der Waals surface area contributed by atoms with Crippen molar-refractivity contribution in [2.45, 2.75) is 19.4 Å². The quantitative estimate of drug-likeness (QED) is 0.250. The van der Waals surface area contributed by atoms with Crippen LogP contribution in [0.5, 0.6) is 0 Å². The molecule has 0 saturated carbocycles. The molecule has 0 aliphatic heterocycles. The maximum Gasteiger partial charge on any atom is 1.00 e. The summed E-state index contributed by atoms with van der Waals surface area (Å²) in [5.41, 5.74) is -1.06. The zero-order valence-electron chi connectivity index (χ0n) is 12.1. The van der Waals surface area contributed by atoms with Gasteiger partial charge in [0.1, 0.15) is 0 Å². The number of rotatable bonds is 5. The molecule has 0 aliphatic carbocycles. The molecular weight excluding hydrogens is 297 g/mol. The molecule has 0 heterocycles. The van der Waals surface area contributed by atoms with E-state index in [1.54, 1.807) is 0 Å². The summed E-state index contributed by atoms with van der Waals surface area (Å²) < 4.78 is 35.3. The van der Waals surface area contributed by atoms with Crippen LogP contribution in [0.25, 0.3) is 0 Å². The molecule has 0 aliphatic rings. The van der Waals surface area contributed by atoms with Gasteiger partial charge in [-0.05, 0) is 19.9 Å². The minimum absolute atomic E-state index is 0. The van der Waals surface area contributed by atoms with Crippen LogP contribution in [0.2, 0.25) is 0 Å². The Morgan fingerprint density at radius 3 is 1.95 bits per heavy atom. The van der Waals surface area contributed by atoms with E-state index >= 15 is 0 Å². The molecule has 20 heavy (non-hydrogen) atoms. The second-order valence-electron chi connectivity index (χ2n) is 4.01.